The van der Waals surface area contributed by atoms with E-state index in [0.29, 0.717) is 0 Å². The maximum absolute atomic E-state index is 14.0. The van der Waals surface area contributed by atoms with Crippen LogP contribution in [0.3, 0.4) is 0 Å². The molecule has 3 aromatic carbocycles. The number of nitro groups is 1. The predicted octanol–water partition coefficient (Wildman–Crippen LogP) is 4.57. The predicted molar refractivity (Wildman–Crippen MR) is 156 cm³/mol. The molecule has 2 amide bonds. The minimum atomic E-state index is -4.25. The fourth-order valence-electron chi connectivity index (χ4n) is 4.93. The van der Waals surface area contributed by atoms with E-state index in [1.807, 2.05) is 31.2 Å². The molecule has 0 spiro atoms. The number of nitrogens with zero attached hydrogens (tertiary/aromatic N) is 3. The van der Waals surface area contributed by atoms with Gasteiger partial charge in [-0.05, 0) is 62.1 Å². The number of hydrogen-bond donors (Lipinski definition) is 1. The van der Waals surface area contributed by atoms with Crippen molar-refractivity contribution in [3.8, 4) is 0 Å². The van der Waals surface area contributed by atoms with Crippen LogP contribution in [0.4, 0.5) is 11.4 Å². The minimum Gasteiger partial charge on any atom is -0.352 e. The first kappa shape index (κ1) is 29.7. The van der Waals surface area contributed by atoms with Gasteiger partial charge in [-0.25, -0.2) is 8.42 Å². The van der Waals surface area contributed by atoms with Gasteiger partial charge in [-0.2, -0.15) is 0 Å². The Morgan fingerprint density at radius 2 is 1.59 bits per heavy atom. The summed E-state index contributed by atoms with van der Waals surface area (Å²) in [5.74, 6) is -0.883. The van der Waals surface area contributed by atoms with E-state index >= 15 is 0 Å². The van der Waals surface area contributed by atoms with Gasteiger partial charge in [-0.1, -0.05) is 55.3 Å². The van der Waals surface area contributed by atoms with E-state index in [4.69, 9.17) is 0 Å². The van der Waals surface area contributed by atoms with Crippen molar-refractivity contribution in [2.75, 3.05) is 10.8 Å². The monoisotopic (exact) mass is 578 g/mol. The summed E-state index contributed by atoms with van der Waals surface area (Å²) in [5, 5.41) is 14.2. The molecular weight excluding hydrogens is 544 g/mol. The number of rotatable bonds is 11. The zero-order valence-corrected chi connectivity index (χ0v) is 23.9. The molecule has 1 fully saturated rings. The summed E-state index contributed by atoms with van der Waals surface area (Å²) in [6.07, 6.45) is 3.83. The number of carbonyl (C=O) groups excluding carboxylic acids is 2. The lowest BCUT2D eigenvalue weighted by Crippen LogP contribution is -2.52. The van der Waals surface area contributed by atoms with Crippen LogP contribution < -0.4 is 9.62 Å². The average Bonchev–Trinajstić information content (AvgIpc) is 3.48. The van der Waals surface area contributed by atoms with Gasteiger partial charge in [0.2, 0.25) is 11.8 Å². The van der Waals surface area contributed by atoms with Crippen LogP contribution in [0.25, 0.3) is 0 Å². The van der Waals surface area contributed by atoms with Crippen LogP contribution in [-0.2, 0) is 26.2 Å². The van der Waals surface area contributed by atoms with Crippen LogP contribution in [0.1, 0.15) is 43.7 Å². The lowest BCUT2D eigenvalue weighted by molar-refractivity contribution is -0.384. The van der Waals surface area contributed by atoms with Gasteiger partial charge in [0.15, 0.2) is 0 Å². The van der Waals surface area contributed by atoms with E-state index < -0.39 is 33.4 Å². The highest BCUT2D eigenvalue weighted by Crippen LogP contribution is 2.27. The maximum Gasteiger partial charge on any atom is 0.269 e. The molecule has 10 nitrogen and oxygen atoms in total. The maximum atomic E-state index is 14.0. The third-order valence-electron chi connectivity index (χ3n) is 7.43. The summed E-state index contributed by atoms with van der Waals surface area (Å²) in [6, 6.07) is 19.3. The van der Waals surface area contributed by atoms with Gasteiger partial charge in [0.25, 0.3) is 15.7 Å². The van der Waals surface area contributed by atoms with Gasteiger partial charge >= 0.3 is 0 Å². The Morgan fingerprint density at radius 1 is 0.976 bits per heavy atom. The van der Waals surface area contributed by atoms with Crippen molar-refractivity contribution in [3.63, 3.8) is 0 Å². The molecule has 1 atom stereocenters. The van der Waals surface area contributed by atoms with E-state index in [-0.39, 0.29) is 34.8 Å². The van der Waals surface area contributed by atoms with Gasteiger partial charge in [-0.15, -0.1) is 0 Å². The number of carbonyl (C=O) groups is 2. The number of aryl methyl sites for hydroxylation is 1. The number of hydrogen-bond acceptors (Lipinski definition) is 6. The van der Waals surface area contributed by atoms with Crippen LogP contribution in [0.2, 0.25) is 0 Å². The SMILES string of the molecule is Cc1ccccc1CN(C(=O)CN(c1ccc([N+](=O)[O-])cc1)S(=O)(=O)c1ccccc1)[C@@H](C)C(=O)NC1CCCC1. The number of nitrogens with one attached hydrogen (secondary N) is 1. The number of nitro benzene ring substituents is 1. The highest BCUT2D eigenvalue weighted by molar-refractivity contribution is 7.92. The Morgan fingerprint density at radius 3 is 2.20 bits per heavy atom. The molecule has 216 valence electrons. The van der Waals surface area contributed by atoms with Gasteiger partial charge in [0.05, 0.1) is 15.5 Å². The summed E-state index contributed by atoms with van der Waals surface area (Å²) in [4.78, 5) is 39.3. The molecule has 0 bridgehead atoms. The van der Waals surface area contributed by atoms with Crippen LogP contribution in [0.5, 0.6) is 0 Å². The normalized spacial score (nSPS) is 14.3. The van der Waals surface area contributed by atoms with Crippen LogP contribution in [0.15, 0.2) is 83.8 Å². The van der Waals surface area contributed by atoms with Gasteiger partial charge in [-0.3, -0.25) is 24.0 Å². The molecule has 0 unspecified atom stereocenters. The molecule has 0 aliphatic heterocycles. The quantitative estimate of drug-likeness (QED) is 0.262. The molecule has 0 radical (unpaired) electrons. The van der Waals surface area contributed by atoms with E-state index in [1.54, 1.807) is 25.1 Å². The number of sulfonamides is 1. The average molecular weight is 579 g/mol. The number of non-ortho nitro benzene ring substituents is 1. The lowest BCUT2D eigenvalue weighted by Gasteiger charge is -2.32. The summed E-state index contributed by atoms with van der Waals surface area (Å²) < 4.78 is 28.5. The Balaban J connectivity index is 1.70. The van der Waals surface area contributed by atoms with E-state index in [1.165, 1.54) is 41.3 Å². The van der Waals surface area contributed by atoms with Crippen molar-refractivity contribution in [1.29, 1.82) is 0 Å². The molecule has 1 aliphatic carbocycles. The van der Waals surface area contributed by atoms with E-state index in [9.17, 15) is 28.1 Å². The summed E-state index contributed by atoms with van der Waals surface area (Å²) in [5.41, 5.74) is 1.63. The van der Waals surface area contributed by atoms with Gasteiger partial charge in [0, 0.05) is 24.7 Å². The fourth-order valence-corrected chi connectivity index (χ4v) is 6.37. The minimum absolute atomic E-state index is 0.0383. The smallest absolute Gasteiger partial charge is 0.269 e. The molecule has 0 aromatic heterocycles. The van der Waals surface area contributed by atoms with Crippen molar-refractivity contribution < 1.29 is 22.9 Å². The highest BCUT2D eigenvalue weighted by atomic mass is 32.2. The highest BCUT2D eigenvalue weighted by Gasteiger charge is 2.33. The zero-order chi connectivity index (χ0) is 29.6. The second-order valence-electron chi connectivity index (χ2n) is 10.2. The Labute approximate surface area is 240 Å². The van der Waals surface area contributed by atoms with E-state index in [2.05, 4.69) is 5.32 Å². The fraction of sp³-hybridized carbons (Fsp3) is 0.333. The number of amides is 2. The lowest BCUT2D eigenvalue weighted by atomic mass is 10.1. The topological polar surface area (TPSA) is 130 Å². The molecule has 3 aromatic rings. The third kappa shape index (κ3) is 7.10. The molecule has 1 N–H and O–H groups in total. The van der Waals surface area contributed by atoms with Crippen molar-refractivity contribution >= 4 is 33.2 Å². The Bertz CT molecular complexity index is 1490. The van der Waals surface area contributed by atoms with Crippen molar-refractivity contribution in [1.82, 2.24) is 10.2 Å². The molecule has 11 heteroatoms. The molecule has 1 aliphatic rings. The molecular formula is C30H34N4O6S. The first-order chi connectivity index (χ1) is 19.6. The molecule has 1 saturated carbocycles. The summed E-state index contributed by atoms with van der Waals surface area (Å²) in [7, 11) is -4.25. The largest absolute Gasteiger partial charge is 0.352 e. The van der Waals surface area contributed by atoms with Crippen LogP contribution >= 0.6 is 0 Å². The summed E-state index contributed by atoms with van der Waals surface area (Å²) >= 11 is 0. The first-order valence-electron chi connectivity index (χ1n) is 13.5. The second-order valence-corrected chi connectivity index (χ2v) is 12.1. The molecule has 0 saturated heterocycles. The Kier molecular flexibility index (Phi) is 9.38. The van der Waals surface area contributed by atoms with Crippen molar-refractivity contribution in [3.05, 3.63) is 100 Å². The van der Waals surface area contributed by atoms with Crippen LogP contribution in [-0.4, -0.2) is 48.7 Å². The zero-order valence-electron chi connectivity index (χ0n) is 23.1. The van der Waals surface area contributed by atoms with Crippen LogP contribution in [0, 0.1) is 17.0 Å². The number of benzene rings is 3. The Hall–Kier alpha value is -4.25. The van der Waals surface area contributed by atoms with Crippen molar-refractivity contribution in [2.45, 2.75) is 63.1 Å². The molecule has 41 heavy (non-hydrogen) atoms. The number of anilines is 1. The van der Waals surface area contributed by atoms with E-state index in [0.717, 1.165) is 41.1 Å². The third-order valence-corrected chi connectivity index (χ3v) is 9.22. The first-order valence-corrected chi connectivity index (χ1v) is 15.0. The second kappa shape index (κ2) is 12.9. The molecule has 4 rings (SSSR count). The van der Waals surface area contributed by atoms with Gasteiger partial charge < -0.3 is 10.2 Å². The van der Waals surface area contributed by atoms with Crippen molar-refractivity contribution in [2.24, 2.45) is 0 Å². The van der Waals surface area contributed by atoms with Gasteiger partial charge in [0.1, 0.15) is 12.6 Å². The standard InChI is InChI=1S/C30H34N4O6S/c1-22-10-6-7-11-24(22)20-32(23(2)30(36)31-25-12-8-9-13-25)29(35)21-33(26-16-18-27(19-17-26)34(37)38)41(39,40)28-14-4-3-5-15-28/h3-7,10-11,14-19,23,25H,8-9,12-13,20-21H2,1-2H3,(H,31,36)/t23-/m0/s1. The summed E-state index contributed by atoms with van der Waals surface area (Å²) in [6.45, 7) is 3.04. The molecule has 0 heterocycles.